The molecule has 6 heteroatoms. The second kappa shape index (κ2) is 6.68. The van der Waals surface area contributed by atoms with Gasteiger partial charge in [0, 0.05) is 17.3 Å². The Labute approximate surface area is 141 Å². The summed E-state index contributed by atoms with van der Waals surface area (Å²) in [5.74, 6) is -2.89. The summed E-state index contributed by atoms with van der Waals surface area (Å²) >= 11 is 0. The van der Waals surface area contributed by atoms with Crippen molar-refractivity contribution in [2.45, 2.75) is 0 Å². The van der Waals surface area contributed by atoms with Gasteiger partial charge in [-0.1, -0.05) is 6.07 Å². The molecule has 0 heterocycles. The lowest BCUT2D eigenvalue weighted by Crippen LogP contribution is -2.12. The fraction of sp³-hybridized carbons (Fsp3) is 0. The first-order valence-electron chi connectivity index (χ1n) is 7.29. The van der Waals surface area contributed by atoms with E-state index in [1.165, 1.54) is 48.5 Å². The molecule has 0 fully saturated rings. The number of rotatable bonds is 3. The van der Waals surface area contributed by atoms with Crippen LogP contribution in [0.4, 0.5) is 18.9 Å². The molecule has 0 aliphatic rings. The molecule has 3 aromatic rings. The van der Waals surface area contributed by atoms with E-state index in [0.717, 1.165) is 12.1 Å². The maximum atomic E-state index is 13.9. The number of carbonyl (C=O) groups excluding carboxylic acids is 1. The smallest absolute Gasteiger partial charge is 0.259 e. The summed E-state index contributed by atoms with van der Waals surface area (Å²) in [5, 5.41) is 12.4. The predicted octanol–water partition coefficient (Wildman–Crippen LogP) is 4.73. The van der Waals surface area contributed by atoms with Crippen LogP contribution in [0.2, 0.25) is 0 Å². The van der Waals surface area contributed by atoms with Crippen molar-refractivity contribution in [1.29, 1.82) is 0 Å². The van der Waals surface area contributed by atoms with E-state index in [1.807, 2.05) is 0 Å². The number of phenols is 1. The third-order valence-electron chi connectivity index (χ3n) is 3.59. The summed E-state index contributed by atoms with van der Waals surface area (Å²) in [6.45, 7) is 0. The molecule has 2 N–H and O–H groups in total. The number of benzene rings is 3. The monoisotopic (exact) mass is 343 g/mol. The van der Waals surface area contributed by atoms with Crippen LogP contribution in [0, 0.1) is 17.5 Å². The molecule has 1 amide bonds. The molecule has 0 saturated carbocycles. The molecule has 3 rings (SSSR count). The van der Waals surface area contributed by atoms with Crippen molar-refractivity contribution in [1.82, 2.24) is 0 Å². The van der Waals surface area contributed by atoms with Gasteiger partial charge < -0.3 is 10.4 Å². The van der Waals surface area contributed by atoms with Gasteiger partial charge in [-0.25, -0.2) is 13.2 Å². The van der Waals surface area contributed by atoms with Crippen molar-refractivity contribution in [3.63, 3.8) is 0 Å². The van der Waals surface area contributed by atoms with Gasteiger partial charge in [0.25, 0.3) is 5.91 Å². The number of amides is 1. The topological polar surface area (TPSA) is 49.3 Å². The molecule has 0 saturated heterocycles. The molecule has 3 nitrogen and oxygen atoms in total. The Balaban J connectivity index is 1.93. The Hall–Kier alpha value is -3.28. The molecule has 0 atom stereocenters. The molecular formula is C19H12F3NO2. The van der Waals surface area contributed by atoms with Crippen LogP contribution < -0.4 is 5.32 Å². The standard InChI is InChI=1S/C19H12F3NO2/c20-12-2-5-14(6-3-12)23-19(25)16-9-11(1-8-18(16)24)15-7-4-13(21)10-17(15)22/h1-10,24H,(H,23,25). The van der Waals surface area contributed by atoms with Crippen LogP contribution in [0.3, 0.4) is 0 Å². The highest BCUT2D eigenvalue weighted by molar-refractivity contribution is 6.06. The number of phenolic OH excluding ortho intramolecular Hbond substituents is 1. The summed E-state index contributed by atoms with van der Waals surface area (Å²) < 4.78 is 39.9. The van der Waals surface area contributed by atoms with Gasteiger partial charge in [-0.3, -0.25) is 4.79 Å². The molecule has 0 aliphatic carbocycles. The van der Waals surface area contributed by atoms with Crippen LogP contribution >= 0.6 is 0 Å². The SMILES string of the molecule is O=C(Nc1ccc(F)cc1)c1cc(-c2ccc(F)cc2F)ccc1O. The molecule has 3 aromatic carbocycles. The van der Waals surface area contributed by atoms with Crippen molar-refractivity contribution in [3.05, 3.63) is 83.7 Å². The second-order valence-corrected chi connectivity index (χ2v) is 5.32. The number of aromatic hydroxyl groups is 1. The molecule has 126 valence electrons. The average Bonchev–Trinajstić information content (AvgIpc) is 2.58. The van der Waals surface area contributed by atoms with Crippen LogP contribution in [-0.2, 0) is 0 Å². The van der Waals surface area contributed by atoms with Crippen molar-refractivity contribution in [3.8, 4) is 16.9 Å². The lowest BCUT2D eigenvalue weighted by Gasteiger charge is -2.10. The number of halogens is 3. The van der Waals surface area contributed by atoms with E-state index in [-0.39, 0.29) is 16.9 Å². The zero-order chi connectivity index (χ0) is 18.0. The quantitative estimate of drug-likeness (QED) is 0.722. The molecule has 0 radical (unpaired) electrons. The molecule has 0 spiro atoms. The van der Waals surface area contributed by atoms with E-state index in [1.54, 1.807) is 0 Å². The van der Waals surface area contributed by atoms with Crippen LogP contribution in [0.25, 0.3) is 11.1 Å². The summed E-state index contributed by atoms with van der Waals surface area (Å²) in [5.41, 5.74) is 0.645. The average molecular weight is 343 g/mol. The molecule has 25 heavy (non-hydrogen) atoms. The third-order valence-corrected chi connectivity index (χ3v) is 3.59. The minimum absolute atomic E-state index is 0.0921. The van der Waals surface area contributed by atoms with Gasteiger partial charge in [0.2, 0.25) is 0 Å². The number of hydrogen-bond acceptors (Lipinski definition) is 2. The predicted molar refractivity (Wildman–Crippen MR) is 87.8 cm³/mol. The van der Waals surface area contributed by atoms with E-state index in [4.69, 9.17) is 0 Å². The molecule has 0 aromatic heterocycles. The van der Waals surface area contributed by atoms with Crippen LogP contribution in [0.15, 0.2) is 60.7 Å². The largest absolute Gasteiger partial charge is 0.507 e. The number of anilines is 1. The fourth-order valence-electron chi connectivity index (χ4n) is 2.34. The highest BCUT2D eigenvalue weighted by atomic mass is 19.1. The maximum Gasteiger partial charge on any atom is 0.259 e. The Morgan fingerprint density at radius 3 is 2.20 bits per heavy atom. The lowest BCUT2D eigenvalue weighted by molar-refractivity contribution is 0.102. The summed E-state index contributed by atoms with van der Waals surface area (Å²) in [7, 11) is 0. The zero-order valence-electron chi connectivity index (χ0n) is 12.8. The fourth-order valence-corrected chi connectivity index (χ4v) is 2.34. The molecule has 0 unspecified atom stereocenters. The Kier molecular flexibility index (Phi) is 4.43. The van der Waals surface area contributed by atoms with Crippen LogP contribution in [0.1, 0.15) is 10.4 Å². The van der Waals surface area contributed by atoms with E-state index in [9.17, 15) is 23.1 Å². The van der Waals surface area contributed by atoms with Gasteiger partial charge in [0.1, 0.15) is 23.2 Å². The molecular weight excluding hydrogens is 331 g/mol. The lowest BCUT2D eigenvalue weighted by atomic mass is 10.0. The van der Waals surface area contributed by atoms with E-state index >= 15 is 0 Å². The van der Waals surface area contributed by atoms with E-state index in [2.05, 4.69) is 5.32 Å². The first-order chi connectivity index (χ1) is 11.9. The highest BCUT2D eigenvalue weighted by Gasteiger charge is 2.15. The minimum Gasteiger partial charge on any atom is -0.507 e. The van der Waals surface area contributed by atoms with Crippen LogP contribution in [0.5, 0.6) is 5.75 Å². The number of hydrogen-bond donors (Lipinski definition) is 2. The van der Waals surface area contributed by atoms with Crippen LogP contribution in [-0.4, -0.2) is 11.0 Å². The van der Waals surface area contributed by atoms with Crippen molar-refractivity contribution in [2.24, 2.45) is 0 Å². The Morgan fingerprint density at radius 2 is 1.52 bits per heavy atom. The van der Waals surface area contributed by atoms with Gasteiger partial charge in [0.15, 0.2) is 0 Å². The molecule has 0 bridgehead atoms. The van der Waals surface area contributed by atoms with Crippen molar-refractivity contribution < 1.29 is 23.1 Å². The summed E-state index contributed by atoms with van der Waals surface area (Å²) in [4.78, 5) is 12.3. The van der Waals surface area contributed by atoms with Gasteiger partial charge >= 0.3 is 0 Å². The summed E-state index contributed by atoms with van der Waals surface area (Å²) in [6.07, 6.45) is 0. The zero-order valence-corrected chi connectivity index (χ0v) is 12.8. The first kappa shape index (κ1) is 16.6. The third kappa shape index (κ3) is 3.63. The minimum atomic E-state index is -0.782. The van der Waals surface area contributed by atoms with E-state index < -0.39 is 23.4 Å². The molecule has 0 aliphatic heterocycles. The number of nitrogens with one attached hydrogen (secondary N) is 1. The van der Waals surface area contributed by atoms with Gasteiger partial charge in [-0.2, -0.15) is 0 Å². The highest BCUT2D eigenvalue weighted by Crippen LogP contribution is 2.29. The first-order valence-corrected chi connectivity index (χ1v) is 7.29. The van der Waals surface area contributed by atoms with Crippen molar-refractivity contribution in [2.75, 3.05) is 5.32 Å². The normalized spacial score (nSPS) is 10.5. The van der Waals surface area contributed by atoms with E-state index in [0.29, 0.717) is 11.3 Å². The Morgan fingerprint density at radius 1 is 0.840 bits per heavy atom. The summed E-state index contributed by atoms with van der Waals surface area (Å²) in [6, 6.07) is 12.1. The maximum absolute atomic E-state index is 13.9. The van der Waals surface area contributed by atoms with Crippen molar-refractivity contribution >= 4 is 11.6 Å². The van der Waals surface area contributed by atoms with Gasteiger partial charge in [0.05, 0.1) is 5.56 Å². The second-order valence-electron chi connectivity index (χ2n) is 5.32. The van der Waals surface area contributed by atoms with Gasteiger partial charge in [-0.15, -0.1) is 0 Å². The van der Waals surface area contributed by atoms with Gasteiger partial charge in [-0.05, 0) is 54.1 Å². The Bertz CT molecular complexity index is 940. The number of carbonyl (C=O) groups is 1.